The van der Waals surface area contributed by atoms with Crippen LogP contribution in [0.25, 0.3) is 21.9 Å². The minimum atomic E-state index is -0.892. The third-order valence-electron chi connectivity index (χ3n) is 9.16. The van der Waals surface area contributed by atoms with Crippen LogP contribution in [0.4, 0.5) is 10.6 Å². The molecule has 0 saturated carbocycles. The standard InChI is InChI=1S/C36H39N3O5/c1-22(2)21-43-35(42)39-15-12-36(13-16-39)20-32(44-31-6-4-5-23(3)27(31)19-33(40)41)29-18-26(9-10-30(29)36)25-8-7-24-11-14-38-34(37)28(24)17-25/h4-11,14,17-18,22,32H,12-13,15-16,19-21H2,1-3H3,(H2,37,38)(H,40,41). The molecule has 1 aromatic heterocycles. The van der Waals surface area contributed by atoms with Gasteiger partial charge in [-0.15, -0.1) is 0 Å². The number of piperidine rings is 1. The number of likely N-dealkylation sites (tertiary alicyclic amines) is 1. The Morgan fingerprint density at radius 2 is 1.82 bits per heavy atom. The number of carbonyl (C=O) groups is 2. The molecule has 4 aromatic rings. The molecule has 0 bridgehead atoms. The van der Waals surface area contributed by atoms with Crippen molar-refractivity contribution in [2.75, 3.05) is 25.4 Å². The number of nitrogen functional groups attached to an aromatic ring is 1. The summed E-state index contributed by atoms with van der Waals surface area (Å²) in [5, 5.41) is 11.6. The molecule has 1 unspecified atom stereocenters. The molecule has 228 valence electrons. The fourth-order valence-corrected chi connectivity index (χ4v) is 6.78. The first-order valence-corrected chi connectivity index (χ1v) is 15.3. The molecule has 1 fully saturated rings. The second-order valence-corrected chi connectivity index (χ2v) is 12.6. The van der Waals surface area contributed by atoms with Crippen LogP contribution in [-0.4, -0.2) is 46.7 Å². The number of nitrogens with two attached hydrogens (primary N) is 1. The lowest BCUT2D eigenvalue weighted by atomic mass is 9.73. The zero-order valence-corrected chi connectivity index (χ0v) is 25.5. The number of benzene rings is 3. The van der Waals surface area contributed by atoms with E-state index in [0.717, 1.165) is 52.3 Å². The molecule has 1 aliphatic carbocycles. The number of rotatable bonds is 7. The van der Waals surface area contributed by atoms with Crippen LogP contribution in [0.3, 0.4) is 0 Å². The van der Waals surface area contributed by atoms with Crippen molar-refractivity contribution in [2.45, 2.75) is 58.0 Å². The molecule has 8 heteroatoms. The molecule has 2 aliphatic rings. The number of carbonyl (C=O) groups excluding carboxylic acids is 1. The first kappa shape index (κ1) is 29.5. The summed E-state index contributed by atoms with van der Waals surface area (Å²) in [6, 6.07) is 20.5. The van der Waals surface area contributed by atoms with Crippen molar-refractivity contribution in [1.82, 2.24) is 9.88 Å². The molecular formula is C36H39N3O5. The van der Waals surface area contributed by atoms with E-state index >= 15 is 0 Å². The first-order chi connectivity index (χ1) is 21.1. The van der Waals surface area contributed by atoms with Crippen molar-refractivity contribution >= 4 is 28.7 Å². The number of hydrogen-bond acceptors (Lipinski definition) is 6. The molecule has 1 atom stereocenters. The number of amides is 1. The van der Waals surface area contributed by atoms with Crippen LogP contribution in [0.15, 0.2) is 66.9 Å². The molecule has 1 spiro atoms. The molecule has 1 aliphatic heterocycles. The van der Waals surface area contributed by atoms with Gasteiger partial charge in [-0.25, -0.2) is 9.78 Å². The minimum absolute atomic E-state index is 0.104. The van der Waals surface area contributed by atoms with E-state index in [1.54, 1.807) is 6.20 Å². The second kappa shape index (κ2) is 11.8. The molecule has 0 radical (unpaired) electrons. The normalized spacial score (nSPS) is 17.2. The molecule has 6 rings (SSSR count). The predicted molar refractivity (Wildman–Crippen MR) is 171 cm³/mol. The smallest absolute Gasteiger partial charge is 0.409 e. The van der Waals surface area contributed by atoms with Crippen LogP contribution in [0, 0.1) is 12.8 Å². The SMILES string of the molecule is Cc1cccc(OC2CC3(CCN(C(=O)OCC(C)C)CC3)c3ccc(-c4ccc5ccnc(N)c5c4)cc32)c1CC(=O)O. The van der Waals surface area contributed by atoms with Crippen LogP contribution in [0.5, 0.6) is 5.75 Å². The Labute approximate surface area is 257 Å². The molecule has 3 aromatic carbocycles. The highest BCUT2D eigenvalue weighted by atomic mass is 16.6. The number of ether oxygens (including phenoxy) is 2. The van der Waals surface area contributed by atoms with Gasteiger partial charge in [-0.05, 0) is 89.6 Å². The quantitative estimate of drug-likeness (QED) is 0.236. The number of hydrogen-bond donors (Lipinski definition) is 2. The lowest BCUT2D eigenvalue weighted by Gasteiger charge is -2.39. The van der Waals surface area contributed by atoms with E-state index < -0.39 is 5.97 Å². The van der Waals surface area contributed by atoms with Crippen molar-refractivity contribution in [3.05, 3.63) is 89.1 Å². The van der Waals surface area contributed by atoms with Gasteiger partial charge in [-0.2, -0.15) is 0 Å². The van der Waals surface area contributed by atoms with Gasteiger partial charge in [0.05, 0.1) is 13.0 Å². The summed E-state index contributed by atoms with van der Waals surface area (Å²) in [7, 11) is 0. The monoisotopic (exact) mass is 593 g/mol. The molecular weight excluding hydrogens is 554 g/mol. The summed E-state index contributed by atoms with van der Waals surface area (Å²) in [4.78, 5) is 30.6. The van der Waals surface area contributed by atoms with Gasteiger partial charge in [0.2, 0.25) is 0 Å². The Bertz CT molecular complexity index is 1720. The van der Waals surface area contributed by atoms with Crippen molar-refractivity contribution in [3.8, 4) is 16.9 Å². The van der Waals surface area contributed by atoms with Gasteiger partial charge >= 0.3 is 12.1 Å². The molecule has 44 heavy (non-hydrogen) atoms. The maximum absolute atomic E-state index is 12.8. The first-order valence-electron chi connectivity index (χ1n) is 15.3. The maximum atomic E-state index is 12.8. The molecule has 8 nitrogen and oxygen atoms in total. The number of fused-ring (bicyclic) bond motifs is 3. The van der Waals surface area contributed by atoms with E-state index in [1.807, 2.05) is 49.9 Å². The summed E-state index contributed by atoms with van der Waals surface area (Å²) in [5.74, 6) is 0.489. The summed E-state index contributed by atoms with van der Waals surface area (Å²) < 4.78 is 12.3. The average Bonchev–Trinajstić information content (AvgIpc) is 3.29. The highest BCUT2D eigenvalue weighted by Crippen LogP contribution is 2.53. The van der Waals surface area contributed by atoms with Crippen LogP contribution in [-0.2, 0) is 21.4 Å². The number of pyridine rings is 1. The number of nitrogens with zero attached hydrogens (tertiary/aromatic N) is 2. The Hall–Kier alpha value is -4.59. The van der Waals surface area contributed by atoms with Crippen molar-refractivity contribution in [2.24, 2.45) is 5.92 Å². The van der Waals surface area contributed by atoms with Gasteiger partial charge in [0.15, 0.2) is 0 Å². The highest BCUT2D eigenvalue weighted by molar-refractivity contribution is 5.94. The number of aryl methyl sites for hydroxylation is 1. The molecule has 1 amide bonds. The zero-order chi connectivity index (χ0) is 31.0. The van der Waals surface area contributed by atoms with E-state index in [9.17, 15) is 14.7 Å². The topological polar surface area (TPSA) is 115 Å². The summed E-state index contributed by atoms with van der Waals surface area (Å²) >= 11 is 0. The van der Waals surface area contributed by atoms with E-state index in [0.29, 0.717) is 36.8 Å². The average molecular weight is 594 g/mol. The highest BCUT2D eigenvalue weighted by Gasteiger charge is 2.47. The number of anilines is 1. The van der Waals surface area contributed by atoms with E-state index in [4.69, 9.17) is 15.2 Å². The maximum Gasteiger partial charge on any atom is 0.409 e. The summed E-state index contributed by atoms with van der Waals surface area (Å²) in [5.41, 5.74) is 12.0. The molecule has 2 heterocycles. The van der Waals surface area contributed by atoms with Crippen LogP contribution >= 0.6 is 0 Å². The van der Waals surface area contributed by atoms with Gasteiger partial charge in [0.1, 0.15) is 17.7 Å². The number of aromatic nitrogens is 1. The fourth-order valence-electron chi connectivity index (χ4n) is 6.78. The van der Waals surface area contributed by atoms with Gasteiger partial charge in [0, 0.05) is 35.7 Å². The van der Waals surface area contributed by atoms with E-state index in [-0.39, 0.29) is 30.0 Å². The Morgan fingerprint density at radius 1 is 1.07 bits per heavy atom. The fraction of sp³-hybridized carbons (Fsp3) is 0.361. The third kappa shape index (κ3) is 5.68. The number of carboxylic acid groups (broad SMARTS) is 1. The Morgan fingerprint density at radius 3 is 2.57 bits per heavy atom. The van der Waals surface area contributed by atoms with Gasteiger partial charge in [-0.1, -0.05) is 50.2 Å². The predicted octanol–water partition coefficient (Wildman–Crippen LogP) is 7.07. The Balaban J connectivity index is 1.36. The summed E-state index contributed by atoms with van der Waals surface area (Å²) in [6.45, 7) is 7.60. The number of aliphatic carboxylic acids is 1. The van der Waals surface area contributed by atoms with Crippen LogP contribution < -0.4 is 10.5 Å². The molecule has 3 N–H and O–H groups in total. The van der Waals surface area contributed by atoms with E-state index in [2.05, 4.69) is 41.4 Å². The zero-order valence-electron chi connectivity index (χ0n) is 25.5. The minimum Gasteiger partial charge on any atom is -0.485 e. The van der Waals surface area contributed by atoms with Crippen molar-refractivity contribution < 1.29 is 24.2 Å². The van der Waals surface area contributed by atoms with Crippen molar-refractivity contribution in [1.29, 1.82) is 0 Å². The Kier molecular flexibility index (Phi) is 7.93. The number of carboxylic acids is 1. The lowest BCUT2D eigenvalue weighted by Crippen LogP contribution is -2.45. The van der Waals surface area contributed by atoms with Crippen molar-refractivity contribution in [3.63, 3.8) is 0 Å². The van der Waals surface area contributed by atoms with Crippen LogP contribution in [0.1, 0.15) is 61.5 Å². The largest absolute Gasteiger partial charge is 0.485 e. The van der Waals surface area contributed by atoms with Gasteiger partial charge in [0.25, 0.3) is 0 Å². The lowest BCUT2D eigenvalue weighted by molar-refractivity contribution is -0.136. The van der Waals surface area contributed by atoms with Gasteiger partial charge in [-0.3, -0.25) is 4.79 Å². The molecule has 1 saturated heterocycles. The second-order valence-electron chi connectivity index (χ2n) is 12.6. The van der Waals surface area contributed by atoms with E-state index in [1.165, 1.54) is 5.56 Å². The third-order valence-corrected chi connectivity index (χ3v) is 9.16. The van der Waals surface area contributed by atoms with Gasteiger partial charge < -0.3 is 25.2 Å². The summed E-state index contributed by atoms with van der Waals surface area (Å²) in [6.07, 6.45) is 3.42. The van der Waals surface area contributed by atoms with Crippen LogP contribution in [0.2, 0.25) is 0 Å².